The molecule has 2 heterocycles. The summed E-state index contributed by atoms with van der Waals surface area (Å²) in [5.41, 5.74) is 6.56. The molecule has 2 N–H and O–H groups in total. The molecule has 1 atom stereocenters. The smallest absolute Gasteiger partial charge is 0.122 e. The quantitative estimate of drug-likeness (QED) is 0.743. The molecule has 2 aromatic carbocycles. The second kappa shape index (κ2) is 5.99. The maximum atomic E-state index is 5.54. The molecule has 24 heavy (non-hydrogen) atoms. The standard InChI is InChI=1S/C21H24N2O/c1-13(2)17-12-14(8-9-19(17)24-3)20-21-16(10-11-22-20)15-6-4-5-7-18(15)23-21/h4-9,12-13,20,22-23H,10-11H2,1-3H3. The summed E-state index contributed by atoms with van der Waals surface area (Å²) in [4.78, 5) is 3.65. The van der Waals surface area contributed by atoms with Gasteiger partial charge in [-0.1, -0.05) is 38.1 Å². The summed E-state index contributed by atoms with van der Waals surface area (Å²) in [7, 11) is 1.75. The van der Waals surface area contributed by atoms with Crippen molar-refractivity contribution in [1.29, 1.82) is 0 Å². The van der Waals surface area contributed by atoms with E-state index in [9.17, 15) is 0 Å². The minimum atomic E-state index is 0.213. The van der Waals surface area contributed by atoms with Crippen molar-refractivity contribution in [2.75, 3.05) is 13.7 Å². The van der Waals surface area contributed by atoms with Crippen LogP contribution in [0.1, 0.15) is 48.2 Å². The highest BCUT2D eigenvalue weighted by molar-refractivity contribution is 5.85. The molecule has 1 unspecified atom stereocenters. The minimum absolute atomic E-state index is 0.213. The van der Waals surface area contributed by atoms with Gasteiger partial charge in [-0.2, -0.15) is 0 Å². The summed E-state index contributed by atoms with van der Waals surface area (Å²) in [5, 5.41) is 5.04. The fourth-order valence-corrected chi connectivity index (χ4v) is 3.85. The topological polar surface area (TPSA) is 37.0 Å². The van der Waals surface area contributed by atoms with Crippen LogP contribution in [0.2, 0.25) is 0 Å². The number of para-hydroxylation sites is 1. The number of ether oxygens (including phenoxy) is 1. The Bertz CT molecular complexity index is 879. The fourth-order valence-electron chi connectivity index (χ4n) is 3.85. The molecular weight excluding hydrogens is 296 g/mol. The largest absolute Gasteiger partial charge is 0.496 e. The second-order valence-electron chi connectivity index (χ2n) is 6.86. The predicted molar refractivity (Wildman–Crippen MR) is 98.9 cm³/mol. The van der Waals surface area contributed by atoms with Crippen LogP contribution in [0.5, 0.6) is 5.75 Å². The van der Waals surface area contributed by atoms with Gasteiger partial charge in [-0.15, -0.1) is 0 Å². The van der Waals surface area contributed by atoms with Gasteiger partial charge in [0.1, 0.15) is 5.75 Å². The molecule has 0 saturated heterocycles. The zero-order valence-corrected chi connectivity index (χ0v) is 14.5. The van der Waals surface area contributed by atoms with Crippen LogP contribution < -0.4 is 10.1 Å². The van der Waals surface area contributed by atoms with E-state index < -0.39 is 0 Å². The molecule has 0 radical (unpaired) electrons. The molecule has 0 saturated carbocycles. The Hall–Kier alpha value is -2.26. The number of H-pyrrole nitrogens is 1. The van der Waals surface area contributed by atoms with Gasteiger partial charge in [-0.05, 0) is 47.2 Å². The molecule has 0 bridgehead atoms. The van der Waals surface area contributed by atoms with Gasteiger partial charge in [0.15, 0.2) is 0 Å². The molecule has 124 valence electrons. The van der Waals surface area contributed by atoms with E-state index in [2.05, 4.69) is 66.6 Å². The van der Waals surface area contributed by atoms with E-state index in [4.69, 9.17) is 4.74 Å². The van der Waals surface area contributed by atoms with E-state index in [1.54, 1.807) is 7.11 Å². The lowest BCUT2D eigenvalue weighted by Gasteiger charge is -2.26. The summed E-state index contributed by atoms with van der Waals surface area (Å²) in [6.07, 6.45) is 1.07. The zero-order chi connectivity index (χ0) is 16.7. The summed E-state index contributed by atoms with van der Waals surface area (Å²) in [5.74, 6) is 1.41. The van der Waals surface area contributed by atoms with Crippen LogP contribution in [-0.2, 0) is 6.42 Å². The zero-order valence-electron chi connectivity index (χ0n) is 14.5. The van der Waals surface area contributed by atoms with E-state index in [0.29, 0.717) is 5.92 Å². The summed E-state index contributed by atoms with van der Waals surface area (Å²) in [6.45, 7) is 5.43. The molecule has 4 rings (SSSR count). The van der Waals surface area contributed by atoms with Crippen LogP contribution in [0.4, 0.5) is 0 Å². The van der Waals surface area contributed by atoms with Crippen LogP contribution in [0, 0.1) is 0 Å². The molecule has 0 amide bonds. The van der Waals surface area contributed by atoms with E-state index in [1.165, 1.54) is 33.3 Å². The lowest BCUT2D eigenvalue weighted by atomic mass is 9.91. The van der Waals surface area contributed by atoms with Crippen LogP contribution in [0.15, 0.2) is 42.5 Å². The lowest BCUT2D eigenvalue weighted by molar-refractivity contribution is 0.407. The van der Waals surface area contributed by atoms with Gasteiger partial charge < -0.3 is 15.0 Å². The molecule has 3 nitrogen and oxygen atoms in total. The maximum absolute atomic E-state index is 5.54. The first kappa shape index (κ1) is 15.3. The molecule has 0 aliphatic carbocycles. The number of fused-ring (bicyclic) bond motifs is 3. The van der Waals surface area contributed by atoms with Gasteiger partial charge in [0.25, 0.3) is 0 Å². The molecule has 0 spiro atoms. The van der Waals surface area contributed by atoms with E-state index in [1.807, 2.05) is 0 Å². The Kier molecular flexibility index (Phi) is 3.81. The third-order valence-electron chi connectivity index (χ3n) is 5.07. The number of aromatic nitrogens is 1. The number of nitrogens with one attached hydrogen (secondary N) is 2. The van der Waals surface area contributed by atoms with Crippen molar-refractivity contribution >= 4 is 10.9 Å². The average Bonchev–Trinajstić information content (AvgIpc) is 3.00. The Morgan fingerprint density at radius 3 is 2.75 bits per heavy atom. The number of aromatic amines is 1. The van der Waals surface area contributed by atoms with Gasteiger partial charge >= 0.3 is 0 Å². The number of hydrogen-bond acceptors (Lipinski definition) is 2. The SMILES string of the molecule is COc1ccc(C2NCCc3c2[nH]c2ccccc32)cc1C(C)C. The first-order chi connectivity index (χ1) is 11.7. The van der Waals surface area contributed by atoms with Crippen LogP contribution in [0.3, 0.4) is 0 Å². The summed E-state index contributed by atoms with van der Waals surface area (Å²) in [6, 6.07) is 15.4. The van der Waals surface area contributed by atoms with Crippen molar-refractivity contribution in [3.05, 3.63) is 64.8 Å². The van der Waals surface area contributed by atoms with E-state index >= 15 is 0 Å². The van der Waals surface area contributed by atoms with Crippen LogP contribution in [0.25, 0.3) is 10.9 Å². The molecule has 0 fully saturated rings. The minimum Gasteiger partial charge on any atom is -0.496 e. The molecule has 3 heteroatoms. The normalized spacial score (nSPS) is 17.2. The molecule has 3 aromatic rings. The van der Waals surface area contributed by atoms with Crippen molar-refractivity contribution in [1.82, 2.24) is 10.3 Å². The van der Waals surface area contributed by atoms with Gasteiger partial charge in [-0.25, -0.2) is 0 Å². The maximum Gasteiger partial charge on any atom is 0.122 e. The third kappa shape index (κ3) is 2.40. The number of hydrogen-bond donors (Lipinski definition) is 2. The number of rotatable bonds is 3. The first-order valence-electron chi connectivity index (χ1n) is 8.69. The van der Waals surface area contributed by atoms with Crippen molar-refractivity contribution in [3.8, 4) is 5.75 Å². The van der Waals surface area contributed by atoms with Gasteiger partial charge in [0.2, 0.25) is 0 Å². The first-order valence-corrected chi connectivity index (χ1v) is 8.69. The Labute approximate surface area is 143 Å². The van der Waals surface area contributed by atoms with Crippen molar-refractivity contribution in [3.63, 3.8) is 0 Å². The van der Waals surface area contributed by atoms with E-state index in [-0.39, 0.29) is 6.04 Å². The van der Waals surface area contributed by atoms with Gasteiger partial charge in [0, 0.05) is 23.1 Å². The highest BCUT2D eigenvalue weighted by Gasteiger charge is 2.25. The van der Waals surface area contributed by atoms with Gasteiger partial charge in [-0.3, -0.25) is 0 Å². The van der Waals surface area contributed by atoms with Crippen molar-refractivity contribution in [2.24, 2.45) is 0 Å². The van der Waals surface area contributed by atoms with Crippen molar-refractivity contribution in [2.45, 2.75) is 32.2 Å². The average molecular weight is 320 g/mol. The van der Waals surface area contributed by atoms with E-state index in [0.717, 1.165) is 18.7 Å². The number of methoxy groups -OCH3 is 1. The summed E-state index contributed by atoms with van der Waals surface area (Å²) < 4.78 is 5.54. The predicted octanol–water partition coefficient (Wildman–Crippen LogP) is 4.54. The highest BCUT2D eigenvalue weighted by Crippen LogP contribution is 2.36. The molecular formula is C21H24N2O. The fraction of sp³-hybridized carbons (Fsp3) is 0.333. The monoisotopic (exact) mass is 320 g/mol. The number of benzene rings is 2. The van der Waals surface area contributed by atoms with Crippen LogP contribution in [-0.4, -0.2) is 18.6 Å². The molecule has 1 aliphatic heterocycles. The summed E-state index contributed by atoms with van der Waals surface area (Å²) >= 11 is 0. The van der Waals surface area contributed by atoms with Gasteiger partial charge in [0.05, 0.1) is 13.2 Å². The Morgan fingerprint density at radius 2 is 1.96 bits per heavy atom. The van der Waals surface area contributed by atoms with Crippen LogP contribution >= 0.6 is 0 Å². The second-order valence-corrected chi connectivity index (χ2v) is 6.86. The highest BCUT2D eigenvalue weighted by atomic mass is 16.5. The lowest BCUT2D eigenvalue weighted by Crippen LogP contribution is -2.30. The Morgan fingerprint density at radius 1 is 1.12 bits per heavy atom. The molecule has 1 aromatic heterocycles. The Balaban J connectivity index is 1.83. The van der Waals surface area contributed by atoms with Crippen molar-refractivity contribution < 1.29 is 4.74 Å². The molecule has 1 aliphatic rings. The third-order valence-corrected chi connectivity index (χ3v) is 5.07.